The summed E-state index contributed by atoms with van der Waals surface area (Å²) in [7, 11) is 1.37. The lowest BCUT2D eigenvalue weighted by atomic mass is 10.1. The van der Waals surface area contributed by atoms with Crippen molar-refractivity contribution in [1.29, 1.82) is 0 Å². The number of ether oxygens (including phenoxy) is 2. The topological polar surface area (TPSA) is 59.1 Å². The van der Waals surface area contributed by atoms with E-state index < -0.39 is 0 Å². The maximum absolute atomic E-state index is 12.8. The third kappa shape index (κ3) is 7.59. The van der Waals surface area contributed by atoms with Crippen LogP contribution >= 0.6 is 0 Å². The molecular formula is C21H34N2O4. The van der Waals surface area contributed by atoms with Gasteiger partial charge in [-0.25, -0.2) is 0 Å². The highest BCUT2D eigenvalue weighted by atomic mass is 16.5. The van der Waals surface area contributed by atoms with E-state index in [9.17, 15) is 9.59 Å². The maximum atomic E-state index is 12.8. The first kappa shape index (κ1) is 23.0. The number of esters is 1. The van der Waals surface area contributed by atoms with E-state index >= 15 is 0 Å². The minimum absolute atomic E-state index is 0.0452. The van der Waals surface area contributed by atoms with Crippen molar-refractivity contribution < 1.29 is 19.1 Å². The Morgan fingerprint density at radius 1 is 1.11 bits per heavy atom. The van der Waals surface area contributed by atoms with Crippen molar-refractivity contribution in [1.82, 2.24) is 9.80 Å². The Kier molecular flexibility index (Phi) is 9.86. The molecule has 0 aliphatic rings. The standard InChI is InChI=1S/C21H34N2O4/c1-7-22(8-2)11-12-23(14-18(5)21(25)26-6)20(24)15-27-19-13-16(3)9-10-17(19)4/h9-10,13,18H,7-8,11-12,14-15H2,1-6H3. The Bertz CT molecular complexity index is 614. The molecule has 1 rings (SSSR count). The molecule has 0 fully saturated rings. The van der Waals surface area contributed by atoms with Crippen molar-refractivity contribution >= 4 is 11.9 Å². The van der Waals surface area contributed by atoms with Crippen LogP contribution in [-0.4, -0.2) is 68.1 Å². The van der Waals surface area contributed by atoms with Gasteiger partial charge in [-0.3, -0.25) is 9.59 Å². The SMILES string of the molecule is CCN(CC)CCN(CC(C)C(=O)OC)C(=O)COc1cc(C)ccc1C. The van der Waals surface area contributed by atoms with Crippen molar-refractivity contribution in [3.8, 4) is 5.75 Å². The molecule has 0 radical (unpaired) electrons. The van der Waals surface area contributed by atoms with Crippen molar-refractivity contribution in [2.45, 2.75) is 34.6 Å². The maximum Gasteiger partial charge on any atom is 0.310 e. The van der Waals surface area contributed by atoms with Crippen LogP contribution in [0, 0.1) is 19.8 Å². The summed E-state index contributed by atoms with van der Waals surface area (Å²) in [4.78, 5) is 28.5. The van der Waals surface area contributed by atoms with Crippen LogP contribution in [0.1, 0.15) is 31.9 Å². The molecule has 0 aromatic heterocycles. The highest BCUT2D eigenvalue weighted by Gasteiger charge is 2.22. The molecule has 1 unspecified atom stereocenters. The van der Waals surface area contributed by atoms with Crippen LogP contribution in [0.2, 0.25) is 0 Å². The number of hydrogen-bond acceptors (Lipinski definition) is 5. The normalized spacial score (nSPS) is 12.0. The molecule has 0 saturated carbocycles. The highest BCUT2D eigenvalue weighted by molar-refractivity contribution is 5.79. The van der Waals surface area contributed by atoms with Gasteiger partial charge in [-0.1, -0.05) is 32.9 Å². The first-order chi connectivity index (χ1) is 12.8. The minimum atomic E-state index is -0.378. The number of nitrogens with zero attached hydrogens (tertiary/aromatic N) is 2. The van der Waals surface area contributed by atoms with E-state index in [2.05, 4.69) is 18.7 Å². The van der Waals surface area contributed by atoms with Gasteiger partial charge in [-0.15, -0.1) is 0 Å². The van der Waals surface area contributed by atoms with Gasteiger partial charge in [-0.05, 0) is 44.1 Å². The van der Waals surface area contributed by atoms with Gasteiger partial charge < -0.3 is 19.3 Å². The Labute approximate surface area is 163 Å². The van der Waals surface area contributed by atoms with Gasteiger partial charge in [-0.2, -0.15) is 0 Å². The van der Waals surface area contributed by atoms with Crippen LogP contribution in [-0.2, 0) is 14.3 Å². The van der Waals surface area contributed by atoms with Crippen LogP contribution in [0.3, 0.4) is 0 Å². The van der Waals surface area contributed by atoms with Crippen LogP contribution < -0.4 is 4.74 Å². The van der Waals surface area contributed by atoms with Crippen LogP contribution in [0.25, 0.3) is 0 Å². The summed E-state index contributed by atoms with van der Waals surface area (Å²) in [5.74, 6) is -0.102. The number of carbonyl (C=O) groups excluding carboxylic acids is 2. The molecular weight excluding hydrogens is 344 g/mol. The van der Waals surface area contributed by atoms with E-state index in [1.807, 2.05) is 32.0 Å². The molecule has 1 atom stereocenters. The number of amides is 1. The minimum Gasteiger partial charge on any atom is -0.483 e. The van der Waals surface area contributed by atoms with Crippen LogP contribution in [0.4, 0.5) is 0 Å². The summed E-state index contributed by atoms with van der Waals surface area (Å²) in [6, 6.07) is 5.92. The quantitative estimate of drug-likeness (QED) is 0.554. The molecule has 1 amide bonds. The number of carbonyl (C=O) groups is 2. The Balaban J connectivity index is 2.77. The predicted octanol–water partition coefficient (Wildman–Crippen LogP) is 2.66. The number of aryl methyl sites for hydroxylation is 2. The second-order valence-corrected chi connectivity index (χ2v) is 6.85. The number of rotatable bonds is 11. The van der Waals surface area contributed by atoms with Crippen molar-refractivity contribution in [2.24, 2.45) is 5.92 Å². The summed E-state index contributed by atoms with van der Waals surface area (Å²) in [6.45, 7) is 13.3. The Hall–Kier alpha value is -2.08. The average molecular weight is 379 g/mol. The van der Waals surface area contributed by atoms with E-state index in [4.69, 9.17) is 9.47 Å². The number of benzene rings is 1. The van der Waals surface area contributed by atoms with Gasteiger partial charge in [0, 0.05) is 19.6 Å². The van der Waals surface area contributed by atoms with E-state index in [1.54, 1.807) is 11.8 Å². The molecule has 0 bridgehead atoms. The lowest BCUT2D eigenvalue weighted by Gasteiger charge is -2.28. The fraction of sp³-hybridized carbons (Fsp3) is 0.619. The van der Waals surface area contributed by atoms with Gasteiger partial charge >= 0.3 is 5.97 Å². The lowest BCUT2D eigenvalue weighted by Crippen LogP contribution is -2.44. The molecule has 0 aliphatic carbocycles. The zero-order valence-electron chi connectivity index (χ0n) is 17.6. The van der Waals surface area contributed by atoms with Crippen molar-refractivity contribution in [2.75, 3.05) is 46.4 Å². The molecule has 152 valence electrons. The highest BCUT2D eigenvalue weighted by Crippen LogP contribution is 2.19. The molecule has 0 spiro atoms. The number of hydrogen-bond donors (Lipinski definition) is 0. The third-order valence-corrected chi connectivity index (χ3v) is 4.73. The molecule has 1 aromatic carbocycles. The largest absolute Gasteiger partial charge is 0.483 e. The molecule has 6 heteroatoms. The molecule has 0 heterocycles. The van der Waals surface area contributed by atoms with E-state index in [-0.39, 0.29) is 24.4 Å². The molecule has 27 heavy (non-hydrogen) atoms. The second-order valence-electron chi connectivity index (χ2n) is 6.85. The van der Waals surface area contributed by atoms with Gasteiger partial charge in [0.25, 0.3) is 5.91 Å². The summed E-state index contributed by atoms with van der Waals surface area (Å²) in [6.07, 6.45) is 0. The third-order valence-electron chi connectivity index (χ3n) is 4.73. The Morgan fingerprint density at radius 2 is 1.78 bits per heavy atom. The Morgan fingerprint density at radius 3 is 2.37 bits per heavy atom. The second kappa shape index (κ2) is 11.6. The summed E-state index contributed by atoms with van der Waals surface area (Å²) < 4.78 is 10.6. The van der Waals surface area contributed by atoms with Gasteiger partial charge in [0.1, 0.15) is 5.75 Å². The van der Waals surface area contributed by atoms with Crippen LogP contribution in [0.5, 0.6) is 5.75 Å². The zero-order valence-corrected chi connectivity index (χ0v) is 17.6. The first-order valence-corrected chi connectivity index (χ1v) is 9.60. The summed E-state index contributed by atoms with van der Waals surface area (Å²) in [5.41, 5.74) is 2.08. The molecule has 0 saturated heterocycles. The van der Waals surface area contributed by atoms with Gasteiger partial charge in [0.05, 0.1) is 13.0 Å². The monoisotopic (exact) mass is 378 g/mol. The van der Waals surface area contributed by atoms with Gasteiger partial charge in [0.2, 0.25) is 0 Å². The summed E-state index contributed by atoms with van der Waals surface area (Å²) >= 11 is 0. The summed E-state index contributed by atoms with van der Waals surface area (Å²) in [5, 5.41) is 0. The molecule has 0 aliphatic heterocycles. The molecule has 6 nitrogen and oxygen atoms in total. The van der Waals surface area contributed by atoms with E-state index in [1.165, 1.54) is 7.11 Å². The predicted molar refractivity (Wildman–Crippen MR) is 107 cm³/mol. The smallest absolute Gasteiger partial charge is 0.310 e. The zero-order chi connectivity index (χ0) is 20.4. The van der Waals surface area contributed by atoms with Gasteiger partial charge in [0.15, 0.2) is 6.61 Å². The van der Waals surface area contributed by atoms with Crippen LogP contribution in [0.15, 0.2) is 18.2 Å². The van der Waals surface area contributed by atoms with E-state index in [0.717, 1.165) is 30.8 Å². The number of likely N-dealkylation sites (N-methyl/N-ethyl adjacent to an activating group) is 1. The van der Waals surface area contributed by atoms with E-state index in [0.29, 0.717) is 18.8 Å². The first-order valence-electron chi connectivity index (χ1n) is 9.60. The fourth-order valence-corrected chi connectivity index (χ4v) is 2.82. The molecule has 1 aromatic rings. The van der Waals surface area contributed by atoms with Crippen molar-refractivity contribution in [3.05, 3.63) is 29.3 Å². The lowest BCUT2D eigenvalue weighted by molar-refractivity contribution is -0.146. The van der Waals surface area contributed by atoms with Crippen molar-refractivity contribution in [3.63, 3.8) is 0 Å². The average Bonchev–Trinajstić information content (AvgIpc) is 2.67. The fourth-order valence-electron chi connectivity index (χ4n) is 2.82. The molecule has 0 N–H and O–H groups in total. The number of methoxy groups -OCH3 is 1.